The zero-order valence-corrected chi connectivity index (χ0v) is 23.7. The van der Waals surface area contributed by atoms with Gasteiger partial charge in [0.05, 0.1) is 10.7 Å². The molecule has 36 heavy (non-hydrogen) atoms. The largest absolute Gasteiger partial charge is 0.384 e. The molecule has 0 bridgehead atoms. The van der Waals surface area contributed by atoms with Crippen LogP contribution in [0.2, 0.25) is 5.02 Å². The van der Waals surface area contributed by atoms with Gasteiger partial charge in [0.15, 0.2) is 0 Å². The number of hydrogen-bond donors (Lipinski definition) is 1. The Balaban J connectivity index is 0.00000176. The predicted molar refractivity (Wildman–Crippen MR) is 156 cm³/mol. The number of rotatable bonds is 8. The first-order valence-corrected chi connectivity index (χ1v) is 14.2. The molecule has 5 heteroatoms. The molecule has 1 aromatic heterocycles. The van der Waals surface area contributed by atoms with E-state index in [1.807, 2.05) is 75.3 Å². The summed E-state index contributed by atoms with van der Waals surface area (Å²) in [6.45, 7) is 12.1. The van der Waals surface area contributed by atoms with Crippen LogP contribution in [0.4, 0.5) is 0 Å². The van der Waals surface area contributed by atoms with Crippen molar-refractivity contribution in [3.05, 3.63) is 89.2 Å². The van der Waals surface area contributed by atoms with Crippen LogP contribution in [-0.4, -0.2) is 20.4 Å². The molecule has 4 aromatic rings. The van der Waals surface area contributed by atoms with Gasteiger partial charge in [-0.25, -0.2) is 4.98 Å². The monoisotopic (exact) mass is 520 g/mol. The molecule has 0 radical (unpaired) electrons. The van der Waals surface area contributed by atoms with Crippen LogP contribution in [0.15, 0.2) is 77.8 Å². The first kappa shape index (κ1) is 28.0. The minimum Gasteiger partial charge on any atom is -0.384 e. The summed E-state index contributed by atoms with van der Waals surface area (Å²) in [6.07, 6.45) is 3.13. The van der Waals surface area contributed by atoms with Crippen molar-refractivity contribution in [2.45, 2.75) is 64.9 Å². The van der Waals surface area contributed by atoms with Crippen molar-refractivity contribution in [3.8, 4) is 28.2 Å². The number of aryl methyl sites for hydroxylation is 1. The molecule has 0 fully saturated rings. The van der Waals surface area contributed by atoms with Gasteiger partial charge in [-0.1, -0.05) is 82.6 Å². The van der Waals surface area contributed by atoms with Gasteiger partial charge in [0.1, 0.15) is 11.4 Å². The Morgan fingerprint density at radius 3 is 2.22 bits per heavy atom. The molecule has 0 aliphatic carbocycles. The van der Waals surface area contributed by atoms with E-state index in [0.29, 0.717) is 23.6 Å². The van der Waals surface area contributed by atoms with Crippen LogP contribution in [0.3, 0.4) is 0 Å². The molecule has 0 aliphatic heterocycles. The third-order valence-electron chi connectivity index (χ3n) is 6.41. The maximum atomic E-state index is 11.2. The normalized spacial score (nSPS) is 11.2. The second-order valence-electron chi connectivity index (χ2n) is 8.50. The minimum atomic E-state index is -0.979. The molecule has 0 saturated carbocycles. The third kappa shape index (κ3) is 5.88. The average Bonchev–Trinajstić information content (AvgIpc) is 3.37. The lowest BCUT2D eigenvalue weighted by Crippen LogP contribution is -2.23. The van der Waals surface area contributed by atoms with Crippen molar-refractivity contribution in [2.75, 3.05) is 5.75 Å². The van der Waals surface area contributed by atoms with Gasteiger partial charge in [-0.15, -0.1) is 11.8 Å². The standard InChI is InChI=1S/C29H31ClN2OS.C2H6/c1-5-29(33,6-2)26-19-32(28(31-26)25-13-8-10-20(4)27(25)30)23-16-14-21(15-17-23)22-11-9-12-24(18-22)34-7-3;1-2/h8-19,33H,5-7H2,1-4H3;1-2H3. The Bertz CT molecular complexity index is 1280. The third-order valence-corrected chi connectivity index (χ3v) is 7.79. The maximum absolute atomic E-state index is 11.2. The average molecular weight is 521 g/mol. The van der Waals surface area contributed by atoms with Crippen LogP contribution in [0.25, 0.3) is 28.2 Å². The highest BCUT2D eigenvalue weighted by atomic mass is 35.5. The molecule has 0 atom stereocenters. The smallest absolute Gasteiger partial charge is 0.146 e. The molecule has 0 spiro atoms. The first-order chi connectivity index (χ1) is 17.4. The van der Waals surface area contributed by atoms with Gasteiger partial charge in [-0.2, -0.15) is 0 Å². The van der Waals surface area contributed by atoms with Gasteiger partial charge in [-0.05, 0) is 72.5 Å². The van der Waals surface area contributed by atoms with Crippen molar-refractivity contribution in [3.63, 3.8) is 0 Å². The zero-order chi connectivity index (χ0) is 26.3. The number of benzene rings is 3. The quantitative estimate of drug-likeness (QED) is 0.235. The summed E-state index contributed by atoms with van der Waals surface area (Å²) < 4.78 is 2.04. The summed E-state index contributed by atoms with van der Waals surface area (Å²) in [7, 11) is 0. The number of hydrogen-bond acceptors (Lipinski definition) is 3. The fourth-order valence-electron chi connectivity index (χ4n) is 4.17. The van der Waals surface area contributed by atoms with E-state index in [0.717, 1.165) is 34.0 Å². The molecule has 190 valence electrons. The molecular formula is C31H37ClN2OS. The predicted octanol–water partition coefficient (Wildman–Crippen LogP) is 9.31. The van der Waals surface area contributed by atoms with E-state index in [1.165, 1.54) is 10.5 Å². The molecule has 3 nitrogen and oxygen atoms in total. The second kappa shape index (κ2) is 12.6. The number of thioether (sulfide) groups is 1. The van der Waals surface area contributed by atoms with E-state index in [4.69, 9.17) is 16.6 Å². The zero-order valence-electron chi connectivity index (χ0n) is 22.2. The van der Waals surface area contributed by atoms with E-state index in [9.17, 15) is 5.11 Å². The summed E-state index contributed by atoms with van der Waals surface area (Å²) in [5.74, 6) is 1.79. The SMILES string of the molecule is CC.CCSc1cccc(-c2ccc(-n3cc(C(O)(CC)CC)nc3-c3cccc(C)c3Cl)cc2)c1. The summed E-state index contributed by atoms with van der Waals surface area (Å²) in [6, 6.07) is 23.1. The van der Waals surface area contributed by atoms with Crippen molar-refractivity contribution >= 4 is 23.4 Å². The maximum Gasteiger partial charge on any atom is 0.146 e. The highest BCUT2D eigenvalue weighted by molar-refractivity contribution is 7.99. The van der Waals surface area contributed by atoms with Crippen molar-refractivity contribution in [1.29, 1.82) is 0 Å². The number of imidazole rings is 1. The van der Waals surface area contributed by atoms with Gasteiger partial charge in [0.25, 0.3) is 0 Å². The molecule has 4 rings (SSSR count). The van der Waals surface area contributed by atoms with Crippen molar-refractivity contribution in [2.24, 2.45) is 0 Å². The molecule has 0 amide bonds. The van der Waals surface area contributed by atoms with Crippen LogP contribution < -0.4 is 0 Å². The summed E-state index contributed by atoms with van der Waals surface area (Å²) in [5, 5.41) is 11.9. The van der Waals surface area contributed by atoms with Gasteiger partial charge >= 0.3 is 0 Å². The number of aliphatic hydroxyl groups is 1. The van der Waals surface area contributed by atoms with Gasteiger partial charge in [0.2, 0.25) is 0 Å². The van der Waals surface area contributed by atoms with E-state index in [-0.39, 0.29) is 0 Å². The van der Waals surface area contributed by atoms with Crippen molar-refractivity contribution in [1.82, 2.24) is 9.55 Å². The Morgan fingerprint density at radius 1 is 0.917 bits per heavy atom. The van der Waals surface area contributed by atoms with Gasteiger partial charge in [-0.3, -0.25) is 4.57 Å². The number of halogens is 1. The Kier molecular flexibility index (Phi) is 9.84. The van der Waals surface area contributed by atoms with Gasteiger partial charge in [0, 0.05) is 22.3 Å². The Hall–Kier alpha value is -2.53. The van der Waals surface area contributed by atoms with E-state index in [1.54, 1.807) is 0 Å². The van der Waals surface area contributed by atoms with Crippen LogP contribution in [0.5, 0.6) is 0 Å². The highest BCUT2D eigenvalue weighted by Crippen LogP contribution is 2.36. The van der Waals surface area contributed by atoms with Crippen LogP contribution >= 0.6 is 23.4 Å². The second-order valence-corrected chi connectivity index (χ2v) is 10.2. The van der Waals surface area contributed by atoms with Crippen LogP contribution in [0, 0.1) is 6.92 Å². The van der Waals surface area contributed by atoms with E-state index >= 15 is 0 Å². The molecule has 1 heterocycles. The summed E-state index contributed by atoms with van der Waals surface area (Å²) in [5.41, 5.74) is 4.88. The van der Waals surface area contributed by atoms with E-state index < -0.39 is 5.60 Å². The first-order valence-electron chi connectivity index (χ1n) is 12.8. The fourth-order valence-corrected chi connectivity index (χ4v) is 5.10. The topological polar surface area (TPSA) is 38.0 Å². The van der Waals surface area contributed by atoms with Crippen molar-refractivity contribution < 1.29 is 5.11 Å². The lowest BCUT2D eigenvalue weighted by molar-refractivity contribution is 0.0244. The minimum absolute atomic E-state index is 0.590. The lowest BCUT2D eigenvalue weighted by Gasteiger charge is -2.22. The number of aromatic nitrogens is 2. The molecule has 1 N–H and O–H groups in total. The number of nitrogens with zero attached hydrogens (tertiary/aromatic N) is 2. The summed E-state index contributed by atoms with van der Waals surface area (Å²) in [4.78, 5) is 6.19. The van der Waals surface area contributed by atoms with E-state index in [2.05, 4.69) is 55.5 Å². The Morgan fingerprint density at radius 2 is 1.58 bits per heavy atom. The van der Waals surface area contributed by atoms with Crippen LogP contribution in [-0.2, 0) is 5.60 Å². The molecule has 3 aromatic carbocycles. The molecule has 0 saturated heterocycles. The van der Waals surface area contributed by atoms with Crippen LogP contribution in [0.1, 0.15) is 58.7 Å². The summed E-state index contributed by atoms with van der Waals surface area (Å²) >= 11 is 8.55. The molecular weight excluding hydrogens is 484 g/mol. The highest BCUT2D eigenvalue weighted by Gasteiger charge is 2.30. The fraction of sp³-hybridized carbons (Fsp3) is 0.323. The molecule has 0 aliphatic rings. The lowest BCUT2D eigenvalue weighted by atomic mass is 9.94. The molecule has 0 unspecified atom stereocenters. The van der Waals surface area contributed by atoms with Gasteiger partial charge < -0.3 is 5.11 Å². The Labute approximate surface area is 225 Å².